The van der Waals surface area contributed by atoms with E-state index in [2.05, 4.69) is 15.6 Å². The topological polar surface area (TPSA) is 71.1 Å². The highest BCUT2D eigenvalue weighted by Crippen LogP contribution is 2.28. The van der Waals surface area contributed by atoms with Crippen molar-refractivity contribution in [2.24, 2.45) is 0 Å². The van der Waals surface area contributed by atoms with E-state index in [1.165, 1.54) is 18.3 Å². The van der Waals surface area contributed by atoms with Crippen molar-refractivity contribution >= 4 is 39.6 Å². The number of aromatic nitrogens is 1. The number of carbonyl (C=O) groups excluding carboxylic acids is 2. The fourth-order valence-electron chi connectivity index (χ4n) is 2.04. The molecule has 0 radical (unpaired) electrons. The van der Waals surface area contributed by atoms with E-state index in [1.54, 1.807) is 23.5 Å². The summed E-state index contributed by atoms with van der Waals surface area (Å²) in [6.07, 6.45) is 0. The van der Waals surface area contributed by atoms with Gasteiger partial charge in [-0.2, -0.15) is 0 Å². The highest BCUT2D eigenvalue weighted by molar-refractivity contribution is 7.16. The highest BCUT2D eigenvalue weighted by Gasteiger charge is 2.10. The Hall–Kier alpha value is -2.51. The number of thiophene rings is 1. The second kappa shape index (κ2) is 7.37. The molecular formula is C17H15N3O2S2. The van der Waals surface area contributed by atoms with Crippen LogP contribution >= 0.6 is 22.7 Å². The van der Waals surface area contributed by atoms with E-state index in [4.69, 9.17) is 0 Å². The molecule has 24 heavy (non-hydrogen) atoms. The molecular weight excluding hydrogens is 342 g/mol. The van der Waals surface area contributed by atoms with Crippen LogP contribution in [0.5, 0.6) is 0 Å². The fourth-order valence-corrected chi connectivity index (χ4v) is 3.50. The van der Waals surface area contributed by atoms with Gasteiger partial charge in [0.05, 0.1) is 10.6 Å². The first-order valence-electron chi connectivity index (χ1n) is 7.26. The molecule has 0 atom stereocenters. The molecule has 0 bridgehead atoms. The van der Waals surface area contributed by atoms with Crippen LogP contribution < -0.4 is 10.6 Å². The molecule has 0 unspecified atom stereocenters. The van der Waals surface area contributed by atoms with Crippen molar-refractivity contribution in [3.05, 3.63) is 58.3 Å². The molecule has 122 valence electrons. The summed E-state index contributed by atoms with van der Waals surface area (Å²) in [5.41, 5.74) is 2.36. The van der Waals surface area contributed by atoms with Gasteiger partial charge in [0.25, 0.3) is 5.91 Å². The maximum absolute atomic E-state index is 12.3. The van der Waals surface area contributed by atoms with Gasteiger partial charge in [-0.15, -0.1) is 22.7 Å². The Balaban J connectivity index is 1.63. The lowest BCUT2D eigenvalue weighted by Gasteiger charge is -2.05. The minimum atomic E-state index is -0.201. The summed E-state index contributed by atoms with van der Waals surface area (Å²) in [6.45, 7) is 1.92. The van der Waals surface area contributed by atoms with Crippen LogP contribution in [0.1, 0.15) is 22.8 Å². The standard InChI is InChI=1S/C17H15N3O2S2/c1-11(21)18-9-12-4-6-13(7-5-12)16(22)20-17-19-14(10-24-17)15-3-2-8-23-15/h2-8,10H,9H2,1H3,(H,18,21)(H,19,20,22). The number of rotatable bonds is 5. The lowest BCUT2D eigenvalue weighted by molar-refractivity contribution is -0.119. The Morgan fingerprint density at radius 2 is 1.92 bits per heavy atom. The summed E-state index contributed by atoms with van der Waals surface area (Å²) >= 11 is 3.02. The first-order valence-corrected chi connectivity index (χ1v) is 9.02. The van der Waals surface area contributed by atoms with Gasteiger partial charge in [0.1, 0.15) is 0 Å². The van der Waals surface area contributed by atoms with Crippen LogP contribution in [0.25, 0.3) is 10.6 Å². The smallest absolute Gasteiger partial charge is 0.257 e. The Kier molecular flexibility index (Phi) is 5.02. The molecule has 0 saturated heterocycles. The molecule has 5 nitrogen and oxygen atoms in total. The molecule has 1 aromatic carbocycles. The molecule has 7 heteroatoms. The van der Waals surface area contributed by atoms with Gasteiger partial charge < -0.3 is 5.32 Å². The SMILES string of the molecule is CC(=O)NCc1ccc(C(=O)Nc2nc(-c3cccs3)cs2)cc1. The van der Waals surface area contributed by atoms with Crippen LogP contribution in [0.4, 0.5) is 5.13 Å². The number of anilines is 1. The van der Waals surface area contributed by atoms with Gasteiger partial charge in [0, 0.05) is 24.4 Å². The number of thiazole rings is 1. The summed E-state index contributed by atoms with van der Waals surface area (Å²) in [7, 11) is 0. The summed E-state index contributed by atoms with van der Waals surface area (Å²) in [5.74, 6) is -0.282. The monoisotopic (exact) mass is 357 g/mol. The number of amides is 2. The van der Waals surface area contributed by atoms with Gasteiger partial charge in [-0.25, -0.2) is 4.98 Å². The summed E-state index contributed by atoms with van der Waals surface area (Å²) in [6, 6.07) is 11.1. The first-order chi connectivity index (χ1) is 11.6. The molecule has 0 aliphatic rings. The third kappa shape index (κ3) is 4.06. The number of carbonyl (C=O) groups is 2. The molecule has 2 N–H and O–H groups in total. The first kappa shape index (κ1) is 16.4. The lowest BCUT2D eigenvalue weighted by Crippen LogP contribution is -2.19. The van der Waals surface area contributed by atoms with Crippen molar-refractivity contribution in [3.63, 3.8) is 0 Å². The average molecular weight is 357 g/mol. The molecule has 0 aliphatic carbocycles. The second-order valence-electron chi connectivity index (χ2n) is 5.08. The second-order valence-corrected chi connectivity index (χ2v) is 6.88. The minimum Gasteiger partial charge on any atom is -0.352 e. The molecule has 2 heterocycles. The molecule has 0 saturated carbocycles. The zero-order chi connectivity index (χ0) is 16.9. The van der Waals surface area contributed by atoms with Crippen LogP contribution in [-0.4, -0.2) is 16.8 Å². The van der Waals surface area contributed by atoms with Crippen molar-refractivity contribution < 1.29 is 9.59 Å². The van der Waals surface area contributed by atoms with Gasteiger partial charge in [-0.3, -0.25) is 14.9 Å². The number of benzene rings is 1. The molecule has 0 aliphatic heterocycles. The van der Waals surface area contributed by atoms with E-state index in [9.17, 15) is 9.59 Å². The van der Waals surface area contributed by atoms with E-state index in [0.29, 0.717) is 17.2 Å². The number of hydrogen-bond donors (Lipinski definition) is 2. The molecule has 0 spiro atoms. The van der Waals surface area contributed by atoms with E-state index < -0.39 is 0 Å². The number of nitrogens with zero attached hydrogens (tertiary/aromatic N) is 1. The maximum Gasteiger partial charge on any atom is 0.257 e. The van der Waals surface area contributed by atoms with Crippen LogP contribution in [0.3, 0.4) is 0 Å². The van der Waals surface area contributed by atoms with Crippen LogP contribution in [-0.2, 0) is 11.3 Å². The van der Waals surface area contributed by atoms with Crippen molar-refractivity contribution in [2.75, 3.05) is 5.32 Å². The van der Waals surface area contributed by atoms with Gasteiger partial charge in [-0.05, 0) is 29.1 Å². The normalized spacial score (nSPS) is 10.4. The maximum atomic E-state index is 12.3. The Morgan fingerprint density at radius 1 is 1.12 bits per heavy atom. The molecule has 2 aromatic heterocycles. The fraction of sp³-hybridized carbons (Fsp3) is 0.118. The Labute approximate surface area is 147 Å². The van der Waals surface area contributed by atoms with Gasteiger partial charge in [0.15, 0.2) is 5.13 Å². The largest absolute Gasteiger partial charge is 0.352 e. The summed E-state index contributed by atoms with van der Waals surface area (Å²) < 4.78 is 0. The van der Waals surface area contributed by atoms with Crippen molar-refractivity contribution in [2.45, 2.75) is 13.5 Å². The predicted molar refractivity (Wildman–Crippen MR) is 97.3 cm³/mol. The number of nitrogens with one attached hydrogen (secondary N) is 2. The van der Waals surface area contributed by atoms with Crippen molar-refractivity contribution in [1.82, 2.24) is 10.3 Å². The number of hydrogen-bond acceptors (Lipinski definition) is 5. The third-order valence-corrected chi connectivity index (χ3v) is 4.91. The van der Waals surface area contributed by atoms with Crippen LogP contribution in [0.2, 0.25) is 0 Å². The predicted octanol–water partition coefficient (Wildman–Crippen LogP) is 3.76. The quantitative estimate of drug-likeness (QED) is 0.730. The van der Waals surface area contributed by atoms with E-state index >= 15 is 0 Å². The van der Waals surface area contributed by atoms with E-state index in [1.807, 2.05) is 35.0 Å². The molecule has 2 amide bonds. The van der Waals surface area contributed by atoms with Crippen molar-refractivity contribution in [1.29, 1.82) is 0 Å². The van der Waals surface area contributed by atoms with Crippen molar-refractivity contribution in [3.8, 4) is 10.6 Å². The minimum absolute atomic E-state index is 0.0814. The Bertz CT molecular complexity index is 839. The van der Waals surface area contributed by atoms with Gasteiger partial charge >= 0.3 is 0 Å². The Morgan fingerprint density at radius 3 is 2.58 bits per heavy atom. The van der Waals surface area contributed by atoms with Crippen LogP contribution in [0, 0.1) is 0 Å². The zero-order valence-corrected chi connectivity index (χ0v) is 14.5. The highest BCUT2D eigenvalue weighted by atomic mass is 32.1. The van der Waals surface area contributed by atoms with E-state index in [0.717, 1.165) is 16.1 Å². The summed E-state index contributed by atoms with van der Waals surface area (Å²) in [4.78, 5) is 28.7. The van der Waals surface area contributed by atoms with Gasteiger partial charge in [-0.1, -0.05) is 18.2 Å². The zero-order valence-electron chi connectivity index (χ0n) is 12.9. The summed E-state index contributed by atoms with van der Waals surface area (Å²) in [5, 5.41) is 10.0. The van der Waals surface area contributed by atoms with Gasteiger partial charge in [0.2, 0.25) is 5.91 Å². The molecule has 3 aromatic rings. The van der Waals surface area contributed by atoms with E-state index in [-0.39, 0.29) is 11.8 Å². The van der Waals surface area contributed by atoms with Crippen LogP contribution in [0.15, 0.2) is 47.2 Å². The lowest BCUT2D eigenvalue weighted by atomic mass is 10.1. The average Bonchev–Trinajstić information content (AvgIpc) is 3.24. The molecule has 3 rings (SSSR count). The third-order valence-electron chi connectivity index (χ3n) is 3.26. The molecule has 0 fully saturated rings.